The predicted molar refractivity (Wildman–Crippen MR) is 99.8 cm³/mol. The number of sulfonamides is 1. The van der Waals surface area contributed by atoms with E-state index in [1.165, 1.54) is 26.2 Å². The fraction of sp³-hybridized carbons (Fsp3) is 0.556. The lowest BCUT2D eigenvalue weighted by Crippen LogP contribution is -2.37. The van der Waals surface area contributed by atoms with E-state index < -0.39 is 21.4 Å². The van der Waals surface area contributed by atoms with E-state index in [4.69, 9.17) is 0 Å². The highest BCUT2D eigenvalue weighted by molar-refractivity contribution is 7.89. The lowest BCUT2D eigenvalue weighted by Gasteiger charge is -2.23. The third kappa shape index (κ3) is 3.71. The van der Waals surface area contributed by atoms with Gasteiger partial charge in [-0.25, -0.2) is 12.7 Å². The summed E-state index contributed by atoms with van der Waals surface area (Å²) in [6.45, 7) is 1.08. The van der Waals surface area contributed by atoms with Gasteiger partial charge in [-0.15, -0.1) is 0 Å². The zero-order valence-electron chi connectivity index (χ0n) is 15.5. The molecule has 2 aliphatic rings. The van der Waals surface area contributed by atoms with Gasteiger partial charge in [-0.2, -0.15) is 0 Å². The van der Waals surface area contributed by atoms with Gasteiger partial charge in [0, 0.05) is 32.9 Å². The third-order valence-electron chi connectivity index (χ3n) is 5.63. The van der Waals surface area contributed by atoms with Crippen molar-refractivity contribution in [2.75, 3.05) is 39.0 Å². The molecule has 1 aromatic carbocycles. The Morgan fingerprint density at radius 3 is 2.74 bits per heavy atom. The van der Waals surface area contributed by atoms with Gasteiger partial charge in [0.05, 0.1) is 16.9 Å². The smallest absolute Gasteiger partial charge is 0.311 e. The Balaban J connectivity index is 1.65. The van der Waals surface area contributed by atoms with Gasteiger partial charge in [-0.05, 0) is 37.0 Å². The van der Waals surface area contributed by atoms with Crippen molar-refractivity contribution in [2.45, 2.75) is 24.2 Å². The summed E-state index contributed by atoms with van der Waals surface area (Å²) in [5.41, 5.74) is -0.324. The second kappa shape index (κ2) is 7.21. The highest BCUT2D eigenvalue weighted by Crippen LogP contribution is 2.48. The van der Waals surface area contributed by atoms with Crippen molar-refractivity contribution in [3.05, 3.63) is 24.3 Å². The molecule has 2 N–H and O–H groups in total. The molecule has 0 spiro atoms. The number of carbonyl (C=O) groups excluding carboxylic acids is 1. The Hall–Kier alpha value is -1.97. The first-order valence-electron chi connectivity index (χ1n) is 8.93. The molecule has 3 rings (SSSR count). The molecule has 1 aliphatic carbocycles. The molecule has 9 heteroatoms. The van der Waals surface area contributed by atoms with Crippen molar-refractivity contribution in [3.8, 4) is 0 Å². The molecule has 1 amide bonds. The number of benzene rings is 1. The zero-order chi connectivity index (χ0) is 19.8. The van der Waals surface area contributed by atoms with Crippen LogP contribution in [-0.2, 0) is 19.6 Å². The van der Waals surface area contributed by atoms with Gasteiger partial charge in [0.15, 0.2) is 0 Å². The molecule has 0 radical (unpaired) electrons. The molecule has 1 heterocycles. The average Bonchev–Trinajstić information content (AvgIpc) is 3.12. The standard InChI is InChI=1S/C18H25N3O5S/c1-20(2)27(25,26)15-7-3-6-14(9-15)19-16(22)11-21-10-13-5-4-8-18(13,12-21)17(23)24/h3,6-7,9,13H,4-5,8,10-12H2,1-2H3,(H,19,22)(H,23,24)/t13-,18+/m0/s1. The van der Waals surface area contributed by atoms with Crippen molar-refractivity contribution >= 4 is 27.6 Å². The molecule has 1 saturated heterocycles. The van der Waals surface area contributed by atoms with Crippen LogP contribution in [0.3, 0.4) is 0 Å². The monoisotopic (exact) mass is 395 g/mol. The van der Waals surface area contributed by atoms with Crippen molar-refractivity contribution in [3.63, 3.8) is 0 Å². The minimum Gasteiger partial charge on any atom is -0.481 e. The van der Waals surface area contributed by atoms with Crippen molar-refractivity contribution in [1.82, 2.24) is 9.21 Å². The average molecular weight is 395 g/mol. The number of nitrogens with zero attached hydrogens (tertiary/aromatic N) is 2. The number of hydrogen-bond donors (Lipinski definition) is 2. The molecule has 27 heavy (non-hydrogen) atoms. The van der Waals surface area contributed by atoms with Crippen LogP contribution in [0.5, 0.6) is 0 Å². The topological polar surface area (TPSA) is 107 Å². The number of fused-ring (bicyclic) bond motifs is 1. The lowest BCUT2D eigenvalue weighted by atomic mass is 9.81. The van der Waals surface area contributed by atoms with Crippen LogP contribution >= 0.6 is 0 Å². The largest absolute Gasteiger partial charge is 0.481 e. The van der Waals surface area contributed by atoms with E-state index in [2.05, 4.69) is 5.32 Å². The number of carboxylic acids is 1. The number of hydrogen-bond acceptors (Lipinski definition) is 5. The molecule has 1 aromatic rings. The van der Waals surface area contributed by atoms with Crippen LogP contribution in [0.2, 0.25) is 0 Å². The number of anilines is 1. The minimum atomic E-state index is -3.58. The molecule has 2 fully saturated rings. The number of carboxylic acid groups (broad SMARTS) is 1. The molecule has 8 nitrogen and oxygen atoms in total. The molecule has 2 atom stereocenters. The first kappa shape index (κ1) is 19.8. The zero-order valence-corrected chi connectivity index (χ0v) is 16.3. The summed E-state index contributed by atoms with van der Waals surface area (Å²) >= 11 is 0. The van der Waals surface area contributed by atoms with Gasteiger partial charge in [-0.3, -0.25) is 14.5 Å². The quantitative estimate of drug-likeness (QED) is 0.746. The van der Waals surface area contributed by atoms with E-state index in [0.717, 1.165) is 17.1 Å². The van der Waals surface area contributed by atoms with Gasteiger partial charge in [0.1, 0.15) is 0 Å². The molecule has 148 valence electrons. The molecular formula is C18H25N3O5S. The van der Waals surface area contributed by atoms with E-state index >= 15 is 0 Å². The summed E-state index contributed by atoms with van der Waals surface area (Å²) in [4.78, 5) is 26.1. The number of aliphatic carboxylic acids is 1. The van der Waals surface area contributed by atoms with Gasteiger partial charge >= 0.3 is 5.97 Å². The number of rotatable bonds is 6. The Morgan fingerprint density at radius 2 is 2.11 bits per heavy atom. The van der Waals surface area contributed by atoms with Gasteiger partial charge in [0.25, 0.3) is 0 Å². The van der Waals surface area contributed by atoms with E-state index in [1.807, 2.05) is 4.90 Å². The normalized spacial score (nSPS) is 25.5. The number of carbonyl (C=O) groups is 2. The fourth-order valence-corrected chi connectivity index (χ4v) is 5.16. The van der Waals surface area contributed by atoms with Crippen molar-refractivity contribution < 1.29 is 23.1 Å². The van der Waals surface area contributed by atoms with Crippen LogP contribution in [0.15, 0.2) is 29.2 Å². The number of likely N-dealkylation sites (tertiary alicyclic amines) is 1. The Morgan fingerprint density at radius 1 is 1.37 bits per heavy atom. The van der Waals surface area contributed by atoms with E-state index in [-0.39, 0.29) is 23.3 Å². The summed E-state index contributed by atoms with van der Waals surface area (Å²) in [6.07, 6.45) is 2.47. The SMILES string of the molecule is CN(C)S(=O)(=O)c1cccc(NC(=O)CN2C[C@@H]3CCC[C@@]3(C(=O)O)C2)c1. The molecule has 0 bridgehead atoms. The fourth-order valence-electron chi connectivity index (χ4n) is 4.21. The maximum atomic E-state index is 12.4. The highest BCUT2D eigenvalue weighted by Gasteiger charge is 2.54. The summed E-state index contributed by atoms with van der Waals surface area (Å²) in [7, 11) is -0.684. The second-order valence-corrected chi connectivity index (χ2v) is 9.74. The summed E-state index contributed by atoms with van der Waals surface area (Å²) in [5.74, 6) is -0.958. The Kier molecular flexibility index (Phi) is 5.29. The van der Waals surface area contributed by atoms with E-state index in [0.29, 0.717) is 25.2 Å². The maximum Gasteiger partial charge on any atom is 0.311 e. The third-order valence-corrected chi connectivity index (χ3v) is 7.44. The molecule has 1 aliphatic heterocycles. The van der Waals surface area contributed by atoms with Gasteiger partial charge < -0.3 is 10.4 Å². The van der Waals surface area contributed by atoms with Crippen LogP contribution < -0.4 is 5.32 Å². The second-order valence-electron chi connectivity index (χ2n) is 7.58. The molecule has 1 saturated carbocycles. The van der Waals surface area contributed by atoms with Gasteiger partial charge in [0.2, 0.25) is 15.9 Å². The number of amides is 1. The summed E-state index contributed by atoms with van der Waals surface area (Å²) < 4.78 is 25.5. The van der Waals surface area contributed by atoms with Crippen LogP contribution in [0.25, 0.3) is 0 Å². The van der Waals surface area contributed by atoms with E-state index in [9.17, 15) is 23.1 Å². The molecule has 0 unspecified atom stereocenters. The minimum absolute atomic E-state index is 0.0934. The van der Waals surface area contributed by atoms with Crippen LogP contribution in [0, 0.1) is 11.3 Å². The Labute approximate surface area is 159 Å². The van der Waals surface area contributed by atoms with Crippen LogP contribution in [0.1, 0.15) is 19.3 Å². The van der Waals surface area contributed by atoms with Crippen LogP contribution in [0.4, 0.5) is 5.69 Å². The Bertz CT molecular complexity index is 854. The first-order chi connectivity index (χ1) is 12.6. The van der Waals surface area contributed by atoms with Gasteiger partial charge in [-0.1, -0.05) is 12.5 Å². The first-order valence-corrected chi connectivity index (χ1v) is 10.4. The van der Waals surface area contributed by atoms with Crippen molar-refractivity contribution in [1.29, 1.82) is 0 Å². The predicted octanol–water partition coefficient (Wildman–Crippen LogP) is 1.06. The van der Waals surface area contributed by atoms with E-state index in [1.54, 1.807) is 12.1 Å². The molecular weight excluding hydrogens is 370 g/mol. The van der Waals surface area contributed by atoms with Crippen LogP contribution in [-0.4, -0.2) is 68.3 Å². The lowest BCUT2D eigenvalue weighted by molar-refractivity contribution is -0.149. The van der Waals surface area contributed by atoms with Crippen molar-refractivity contribution in [2.24, 2.45) is 11.3 Å². The maximum absolute atomic E-state index is 12.4. The summed E-state index contributed by atoms with van der Waals surface area (Å²) in [5, 5.41) is 12.3. The number of nitrogens with one attached hydrogen (secondary N) is 1. The summed E-state index contributed by atoms with van der Waals surface area (Å²) in [6, 6.07) is 6.10. The molecule has 0 aromatic heterocycles. The highest BCUT2D eigenvalue weighted by atomic mass is 32.2.